The van der Waals surface area contributed by atoms with E-state index in [9.17, 15) is 4.39 Å². The number of rotatable bonds is 10. The monoisotopic (exact) mass is 551 g/mol. The van der Waals surface area contributed by atoms with Crippen LogP contribution in [-0.2, 0) is 6.54 Å². The molecule has 0 atom stereocenters. The van der Waals surface area contributed by atoms with Crippen LogP contribution in [0.25, 0.3) is 56.1 Å². The number of aromatic amines is 2. The number of aromatic nitrogens is 7. The maximum absolute atomic E-state index is 14.6. The van der Waals surface area contributed by atoms with Crippen molar-refractivity contribution in [3.8, 4) is 39.8 Å². The van der Waals surface area contributed by atoms with Gasteiger partial charge < -0.3 is 19.9 Å². The zero-order chi connectivity index (χ0) is 28.3. The Kier molecular flexibility index (Phi) is 7.36. The third-order valence-electron chi connectivity index (χ3n) is 6.65. The van der Waals surface area contributed by atoms with E-state index in [2.05, 4.69) is 43.5 Å². The van der Waals surface area contributed by atoms with Gasteiger partial charge in [0.1, 0.15) is 29.2 Å². The first-order valence-electron chi connectivity index (χ1n) is 13.4. The number of fused-ring (bicyclic) bond motifs is 2. The lowest BCUT2D eigenvalue weighted by Gasteiger charge is -2.12. The van der Waals surface area contributed by atoms with Crippen LogP contribution >= 0.6 is 0 Å². The Morgan fingerprint density at radius 3 is 2.68 bits per heavy atom. The van der Waals surface area contributed by atoms with Crippen LogP contribution < -0.4 is 10.1 Å². The number of pyridine rings is 3. The molecule has 3 N–H and O–H groups in total. The number of halogens is 1. The van der Waals surface area contributed by atoms with E-state index in [1.807, 2.05) is 43.4 Å². The van der Waals surface area contributed by atoms with Crippen molar-refractivity contribution in [3.63, 3.8) is 0 Å². The molecule has 5 aromatic heterocycles. The zero-order valence-corrected chi connectivity index (χ0v) is 23.1. The van der Waals surface area contributed by atoms with Crippen LogP contribution in [0, 0.1) is 5.82 Å². The van der Waals surface area contributed by atoms with Crippen molar-refractivity contribution in [2.75, 3.05) is 33.8 Å². The lowest BCUT2D eigenvalue weighted by Crippen LogP contribution is -2.19. The van der Waals surface area contributed by atoms with Crippen molar-refractivity contribution in [2.24, 2.45) is 0 Å². The van der Waals surface area contributed by atoms with Crippen LogP contribution in [0.15, 0.2) is 61.1 Å². The van der Waals surface area contributed by atoms with Gasteiger partial charge in [-0.25, -0.2) is 14.4 Å². The van der Waals surface area contributed by atoms with E-state index < -0.39 is 5.82 Å². The molecule has 0 aliphatic rings. The Balaban J connectivity index is 1.37. The van der Waals surface area contributed by atoms with Gasteiger partial charge in [-0.3, -0.25) is 15.1 Å². The molecule has 208 valence electrons. The van der Waals surface area contributed by atoms with Crippen molar-refractivity contribution in [3.05, 3.63) is 72.4 Å². The van der Waals surface area contributed by atoms with Crippen molar-refractivity contribution in [2.45, 2.75) is 13.5 Å². The van der Waals surface area contributed by atoms with Crippen LogP contribution in [0.4, 0.5) is 4.39 Å². The molecular weight excluding hydrogens is 521 g/mol. The van der Waals surface area contributed by atoms with Crippen LogP contribution in [0.3, 0.4) is 0 Å². The predicted octanol–water partition coefficient (Wildman–Crippen LogP) is 4.81. The SMILES string of the molecule is CCNCc1cncc(-c2ccc3[nH]nc(-c4nc5c(-c6cc(F)cc(OCCN(C)C)c6)nccc5[nH]4)c3n2)c1. The number of nitrogens with zero attached hydrogens (tertiary/aromatic N) is 6. The molecule has 0 bridgehead atoms. The van der Waals surface area contributed by atoms with E-state index >= 15 is 0 Å². The van der Waals surface area contributed by atoms with Gasteiger partial charge in [-0.15, -0.1) is 0 Å². The van der Waals surface area contributed by atoms with Crippen molar-refractivity contribution in [1.29, 1.82) is 0 Å². The highest BCUT2D eigenvalue weighted by atomic mass is 19.1. The third kappa shape index (κ3) is 5.63. The molecule has 0 unspecified atom stereocenters. The molecule has 0 saturated heterocycles. The number of ether oxygens (including phenoxy) is 1. The predicted molar refractivity (Wildman–Crippen MR) is 157 cm³/mol. The van der Waals surface area contributed by atoms with Gasteiger partial charge in [0.2, 0.25) is 0 Å². The van der Waals surface area contributed by atoms with Gasteiger partial charge in [-0.1, -0.05) is 6.92 Å². The molecule has 1 aromatic carbocycles. The molecule has 11 heteroatoms. The molecule has 0 radical (unpaired) electrons. The summed E-state index contributed by atoms with van der Waals surface area (Å²) in [4.78, 5) is 24.0. The third-order valence-corrected chi connectivity index (χ3v) is 6.65. The molecule has 0 aliphatic heterocycles. The van der Waals surface area contributed by atoms with E-state index in [1.54, 1.807) is 18.5 Å². The maximum Gasteiger partial charge on any atom is 0.161 e. The number of hydrogen-bond donors (Lipinski definition) is 3. The number of benzene rings is 1. The number of hydrogen-bond acceptors (Lipinski definition) is 8. The summed E-state index contributed by atoms with van der Waals surface area (Å²) in [5.41, 5.74) is 7.28. The molecular formula is C30H30FN9O. The highest BCUT2D eigenvalue weighted by Crippen LogP contribution is 2.32. The second-order valence-corrected chi connectivity index (χ2v) is 10.00. The first-order valence-corrected chi connectivity index (χ1v) is 13.4. The number of imidazole rings is 1. The van der Waals surface area contributed by atoms with E-state index in [4.69, 9.17) is 14.7 Å². The summed E-state index contributed by atoms with van der Waals surface area (Å²) in [7, 11) is 3.92. The molecule has 0 fully saturated rings. The topological polar surface area (TPSA) is 121 Å². The lowest BCUT2D eigenvalue weighted by molar-refractivity contribution is 0.260. The normalized spacial score (nSPS) is 11.6. The van der Waals surface area contributed by atoms with Crippen LogP contribution in [0.1, 0.15) is 12.5 Å². The Morgan fingerprint density at radius 2 is 1.83 bits per heavy atom. The average Bonchev–Trinajstić information content (AvgIpc) is 3.59. The first-order chi connectivity index (χ1) is 20.0. The second kappa shape index (κ2) is 11.4. The van der Waals surface area contributed by atoms with Crippen LogP contribution in [0.2, 0.25) is 0 Å². The molecule has 6 aromatic rings. The summed E-state index contributed by atoms with van der Waals surface area (Å²) >= 11 is 0. The summed E-state index contributed by atoms with van der Waals surface area (Å²) in [6, 6.07) is 12.4. The molecule has 0 aliphatic carbocycles. The van der Waals surface area contributed by atoms with E-state index in [-0.39, 0.29) is 0 Å². The van der Waals surface area contributed by atoms with Gasteiger partial charge >= 0.3 is 0 Å². The van der Waals surface area contributed by atoms with Gasteiger partial charge in [-0.05, 0) is 62.6 Å². The fraction of sp³-hybridized carbons (Fsp3) is 0.233. The van der Waals surface area contributed by atoms with Crippen LogP contribution in [0.5, 0.6) is 5.75 Å². The minimum atomic E-state index is -0.407. The average molecular weight is 552 g/mol. The van der Waals surface area contributed by atoms with E-state index in [0.717, 1.165) is 40.9 Å². The Hall–Kier alpha value is -4.74. The number of H-pyrrole nitrogens is 2. The van der Waals surface area contributed by atoms with Gasteiger partial charge in [-0.2, -0.15) is 5.10 Å². The maximum atomic E-state index is 14.6. The Morgan fingerprint density at radius 1 is 0.951 bits per heavy atom. The molecule has 5 heterocycles. The summed E-state index contributed by atoms with van der Waals surface area (Å²) in [6.07, 6.45) is 5.33. The van der Waals surface area contributed by atoms with E-state index in [1.165, 1.54) is 12.1 Å². The molecule has 0 amide bonds. The van der Waals surface area contributed by atoms with Gasteiger partial charge in [0.05, 0.1) is 22.4 Å². The minimum absolute atomic E-state index is 0.407. The smallest absolute Gasteiger partial charge is 0.161 e. The Labute approximate surface area is 236 Å². The molecule has 0 spiro atoms. The highest BCUT2D eigenvalue weighted by Gasteiger charge is 2.18. The van der Waals surface area contributed by atoms with Crippen LogP contribution in [-0.4, -0.2) is 73.8 Å². The lowest BCUT2D eigenvalue weighted by atomic mass is 10.1. The molecule has 6 rings (SSSR count). The quantitative estimate of drug-likeness (QED) is 0.222. The van der Waals surface area contributed by atoms with Gasteiger partial charge in [0.25, 0.3) is 0 Å². The summed E-state index contributed by atoms with van der Waals surface area (Å²) in [5, 5.41) is 10.9. The largest absolute Gasteiger partial charge is 0.492 e. The number of nitrogens with one attached hydrogen (secondary N) is 3. The van der Waals surface area contributed by atoms with Gasteiger partial charge in [0.15, 0.2) is 11.5 Å². The van der Waals surface area contributed by atoms with Crippen molar-refractivity contribution < 1.29 is 9.13 Å². The highest BCUT2D eigenvalue weighted by molar-refractivity contribution is 5.95. The van der Waals surface area contributed by atoms with Gasteiger partial charge in [0, 0.05) is 48.9 Å². The second-order valence-electron chi connectivity index (χ2n) is 10.00. The zero-order valence-electron chi connectivity index (χ0n) is 23.1. The van der Waals surface area contributed by atoms with Crippen molar-refractivity contribution >= 4 is 22.1 Å². The summed E-state index contributed by atoms with van der Waals surface area (Å²) in [5.74, 6) is 0.564. The number of likely N-dealkylation sites (N-methyl/N-ethyl adjacent to an activating group) is 1. The Bertz CT molecular complexity index is 1830. The fourth-order valence-electron chi connectivity index (χ4n) is 4.61. The molecule has 41 heavy (non-hydrogen) atoms. The van der Waals surface area contributed by atoms with Crippen molar-refractivity contribution in [1.82, 2.24) is 45.3 Å². The fourth-order valence-corrected chi connectivity index (χ4v) is 4.61. The standard InChI is InChI=1S/C30H30FN9O/c1-4-32-15-18-11-20(17-33-16-18)23-5-6-25-28(35-23)29(39-38-25)30-36-24-7-8-34-26(27(24)37-30)19-12-21(31)14-22(13-19)41-10-9-40(2)3/h5-8,11-14,16-17,32H,4,9-10,15H2,1-3H3,(H,36,37)(H,38,39). The molecule has 10 nitrogen and oxygen atoms in total. The molecule has 0 saturated carbocycles. The first kappa shape index (κ1) is 26.5. The summed E-state index contributed by atoms with van der Waals surface area (Å²) in [6.45, 7) is 4.85. The van der Waals surface area contributed by atoms with E-state index in [0.29, 0.717) is 52.7 Å². The summed E-state index contributed by atoms with van der Waals surface area (Å²) < 4.78 is 20.4. The minimum Gasteiger partial charge on any atom is -0.492 e.